The van der Waals surface area contributed by atoms with Crippen molar-refractivity contribution in [2.75, 3.05) is 45.9 Å². The van der Waals surface area contributed by atoms with E-state index in [0.29, 0.717) is 12.5 Å². The van der Waals surface area contributed by atoms with Gasteiger partial charge in [0.25, 0.3) is 0 Å². The molecule has 1 fully saturated rings. The zero-order chi connectivity index (χ0) is 17.4. The number of morpholine rings is 1. The van der Waals surface area contributed by atoms with Gasteiger partial charge in [-0.3, -0.25) is 9.89 Å². The van der Waals surface area contributed by atoms with Crippen LogP contribution in [-0.2, 0) is 10.2 Å². The third-order valence-corrected chi connectivity index (χ3v) is 4.31. The minimum Gasteiger partial charge on any atom is -0.379 e. The molecule has 0 bridgehead atoms. The summed E-state index contributed by atoms with van der Waals surface area (Å²) in [7, 11) is 0. The van der Waals surface area contributed by atoms with Crippen LogP contribution in [0.15, 0.2) is 29.3 Å². The van der Waals surface area contributed by atoms with Crippen molar-refractivity contribution in [3.63, 3.8) is 0 Å². The molecule has 1 aromatic rings. The zero-order valence-electron chi connectivity index (χ0n) is 14.7. The second-order valence-electron chi connectivity index (χ2n) is 6.83. The first kappa shape index (κ1) is 18.7. The number of halogens is 1. The maximum atomic E-state index is 13.4. The van der Waals surface area contributed by atoms with Gasteiger partial charge in [0.15, 0.2) is 5.96 Å². The monoisotopic (exact) mass is 336 g/mol. The predicted molar refractivity (Wildman–Crippen MR) is 95.8 cm³/mol. The van der Waals surface area contributed by atoms with E-state index in [2.05, 4.69) is 15.2 Å². The summed E-state index contributed by atoms with van der Waals surface area (Å²) in [6.45, 7) is 10.1. The van der Waals surface area contributed by atoms with Crippen molar-refractivity contribution in [1.82, 2.24) is 10.2 Å². The average Bonchev–Trinajstić information content (AvgIpc) is 2.58. The molecule has 1 aromatic carbocycles. The van der Waals surface area contributed by atoms with Gasteiger partial charge in [-0.25, -0.2) is 4.39 Å². The minimum atomic E-state index is -0.262. The topological polar surface area (TPSA) is 62.9 Å². The van der Waals surface area contributed by atoms with Gasteiger partial charge in [-0.2, -0.15) is 0 Å². The summed E-state index contributed by atoms with van der Waals surface area (Å²) in [5.74, 6) is 0.222. The molecule has 0 aliphatic carbocycles. The van der Waals surface area contributed by atoms with Crippen molar-refractivity contribution in [2.45, 2.75) is 25.7 Å². The zero-order valence-corrected chi connectivity index (χ0v) is 14.7. The van der Waals surface area contributed by atoms with Crippen molar-refractivity contribution >= 4 is 5.96 Å². The molecule has 1 aliphatic heterocycles. The molecule has 24 heavy (non-hydrogen) atoms. The highest BCUT2D eigenvalue weighted by Gasteiger charge is 2.20. The van der Waals surface area contributed by atoms with Crippen LogP contribution in [0, 0.1) is 5.82 Å². The number of nitrogens with one attached hydrogen (secondary N) is 1. The molecule has 0 saturated carbocycles. The molecular weight excluding hydrogens is 307 g/mol. The van der Waals surface area contributed by atoms with Gasteiger partial charge >= 0.3 is 0 Å². The van der Waals surface area contributed by atoms with Crippen molar-refractivity contribution in [1.29, 1.82) is 0 Å². The van der Waals surface area contributed by atoms with Crippen molar-refractivity contribution in [3.8, 4) is 0 Å². The molecule has 1 aliphatic rings. The van der Waals surface area contributed by atoms with Crippen LogP contribution >= 0.6 is 0 Å². The molecule has 0 unspecified atom stereocenters. The molecule has 0 radical (unpaired) electrons. The molecule has 0 amide bonds. The highest BCUT2D eigenvalue weighted by molar-refractivity contribution is 5.77. The van der Waals surface area contributed by atoms with Gasteiger partial charge in [-0.05, 0) is 30.7 Å². The van der Waals surface area contributed by atoms with Crippen LogP contribution in [-0.4, -0.2) is 56.8 Å². The number of aliphatic imine (C=N–C) groups is 1. The van der Waals surface area contributed by atoms with E-state index in [1.807, 2.05) is 19.9 Å². The first-order valence-corrected chi connectivity index (χ1v) is 8.57. The Morgan fingerprint density at radius 1 is 1.38 bits per heavy atom. The smallest absolute Gasteiger partial charge is 0.188 e. The third-order valence-electron chi connectivity index (χ3n) is 4.31. The number of benzene rings is 1. The number of ether oxygens (including phenoxy) is 1. The number of hydrogen-bond donors (Lipinski definition) is 2. The second-order valence-corrected chi connectivity index (χ2v) is 6.83. The molecule has 134 valence electrons. The molecule has 1 saturated heterocycles. The van der Waals surface area contributed by atoms with Gasteiger partial charge < -0.3 is 15.8 Å². The number of hydrogen-bond acceptors (Lipinski definition) is 3. The largest absolute Gasteiger partial charge is 0.379 e. The van der Waals surface area contributed by atoms with Gasteiger partial charge in [-0.1, -0.05) is 26.0 Å². The molecule has 6 heteroatoms. The van der Waals surface area contributed by atoms with Crippen LogP contribution in [0.2, 0.25) is 0 Å². The van der Waals surface area contributed by atoms with E-state index in [9.17, 15) is 4.39 Å². The molecule has 5 nitrogen and oxygen atoms in total. The number of rotatable bonds is 7. The van der Waals surface area contributed by atoms with Crippen LogP contribution in [0.1, 0.15) is 25.8 Å². The SMILES string of the molecule is CC(C)(CN=C(N)NCCCN1CCOCC1)c1cccc(F)c1. The van der Waals surface area contributed by atoms with Crippen LogP contribution in [0.4, 0.5) is 4.39 Å². The lowest BCUT2D eigenvalue weighted by Gasteiger charge is -2.26. The lowest BCUT2D eigenvalue weighted by molar-refractivity contribution is 0.0376. The Morgan fingerprint density at radius 2 is 2.12 bits per heavy atom. The normalized spacial score (nSPS) is 17.0. The van der Waals surface area contributed by atoms with E-state index in [1.54, 1.807) is 12.1 Å². The lowest BCUT2D eigenvalue weighted by Crippen LogP contribution is -2.39. The average molecular weight is 336 g/mol. The maximum absolute atomic E-state index is 13.4. The fraction of sp³-hybridized carbons (Fsp3) is 0.611. The number of guanidine groups is 1. The summed E-state index contributed by atoms with van der Waals surface area (Å²) in [6.07, 6.45) is 1.02. The summed E-state index contributed by atoms with van der Waals surface area (Å²) in [5.41, 5.74) is 6.60. The fourth-order valence-corrected chi connectivity index (χ4v) is 2.68. The van der Waals surface area contributed by atoms with Crippen molar-refractivity contribution in [3.05, 3.63) is 35.6 Å². The van der Waals surface area contributed by atoms with E-state index in [0.717, 1.165) is 51.4 Å². The summed E-state index contributed by atoms with van der Waals surface area (Å²) < 4.78 is 18.7. The highest BCUT2D eigenvalue weighted by atomic mass is 19.1. The number of nitrogens with two attached hydrogens (primary N) is 1. The molecule has 0 atom stereocenters. The Bertz CT molecular complexity index is 542. The van der Waals surface area contributed by atoms with Crippen LogP contribution < -0.4 is 11.1 Å². The number of nitrogens with zero attached hydrogens (tertiary/aromatic N) is 2. The van der Waals surface area contributed by atoms with Crippen LogP contribution in [0.3, 0.4) is 0 Å². The second kappa shape index (κ2) is 8.99. The third kappa shape index (κ3) is 6.09. The Balaban J connectivity index is 1.72. The first-order chi connectivity index (χ1) is 11.5. The molecule has 1 heterocycles. The Morgan fingerprint density at radius 3 is 2.83 bits per heavy atom. The van der Waals surface area contributed by atoms with E-state index in [1.165, 1.54) is 6.07 Å². The van der Waals surface area contributed by atoms with Crippen molar-refractivity contribution in [2.24, 2.45) is 10.7 Å². The van der Waals surface area contributed by atoms with E-state index >= 15 is 0 Å². The Kier molecular flexibility index (Phi) is 6.99. The molecule has 2 rings (SSSR count). The molecule has 0 spiro atoms. The summed E-state index contributed by atoms with van der Waals surface area (Å²) >= 11 is 0. The van der Waals surface area contributed by atoms with Gasteiger partial charge in [0, 0.05) is 25.0 Å². The van der Waals surface area contributed by atoms with E-state index in [-0.39, 0.29) is 11.2 Å². The van der Waals surface area contributed by atoms with E-state index in [4.69, 9.17) is 10.5 Å². The fourth-order valence-electron chi connectivity index (χ4n) is 2.68. The first-order valence-electron chi connectivity index (χ1n) is 8.57. The maximum Gasteiger partial charge on any atom is 0.188 e. The van der Waals surface area contributed by atoms with Crippen LogP contribution in [0.25, 0.3) is 0 Å². The quantitative estimate of drug-likeness (QED) is 0.452. The highest BCUT2D eigenvalue weighted by Crippen LogP contribution is 2.23. The van der Waals surface area contributed by atoms with Gasteiger partial charge in [-0.15, -0.1) is 0 Å². The summed E-state index contributed by atoms with van der Waals surface area (Å²) in [4.78, 5) is 6.81. The summed E-state index contributed by atoms with van der Waals surface area (Å²) in [5, 5.41) is 3.15. The predicted octanol–water partition coefficient (Wildman–Crippen LogP) is 1.73. The standard InChI is InChI=1S/C18H29FN4O/c1-18(2,15-5-3-6-16(19)13-15)14-22-17(20)21-7-4-8-23-9-11-24-12-10-23/h3,5-6,13H,4,7-12,14H2,1-2H3,(H3,20,21,22). The Labute approximate surface area is 144 Å². The van der Waals surface area contributed by atoms with E-state index < -0.39 is 0 Å². The molecule has 0 aromatic heterocycles. The van der Waals surface area contributed by atoms with Crippen molar-refractivity contribution < 1.29 is 9.13 Å². The van der Waals surface area contributed by atoms with Crippen LogP contribution in [0.5, 0.6) is 0 Å². The van der Waals surface area contributed by atoms with Gasteiger partial charge in [0.05, 0.1) is 19.8 Å². The van der Waals surface area contributed by atoms with Gasteiger partial charge in [0.2, 0.25) is 0 Å². The Hall–Kier alpha value is -1.66. The van der Waals surface area contributed by atoms with Gasteiger partial charge in [0.1, 0.15) is 5.82 Å². The minimum absolute atomic E-state index is 0.223. The molecule has 3 N–H and O–H groups in total. The lowest BCUT2D eigenvalue weighted by atomic mass is 9.85. The molecular formula is C18H29FN4O. The summed E-state index contributed by atoms with van der Waals surface area (Å²) in [6, 6.07) is 6.66.